The summed E-state index contributed by atoms with van der Waals surface area (Å²) in [6.45, 7) is 1.72. The third-order valence-corrected chi connectivity index (χ3v) is 5.08. The zero-order chi connectivity index (χ0) is 17.9. The molecule has 0 bridgehead atoms. The molecule has 2 aromatic heterocycles. The van der Waals surface area contributed by atoms with E-state index in [1.54, 1.807) is 6.20 Å². The van der Waals surface area contributed by atoms with Crippen molar-refractivity contribution >= 4 is 38.6 Å². The van der Waals surface area contributed by atoms with Crippen molar-refractivity contribution in [2.45, 2.75) is 18.9 Å². The number of carbonyl (C=O) groups excluding carboxylic acids is 1. The van der Waals surface area contributed by atoms with E-state index >= 15 is 0 Å². The molecule has 0 aliphatic carbocycles. The Labute approximate surface area is 159 Å². The van der Waals surface area contributed by atoms with Gasteiger partial charge in [0.05, 0.1) is 11.7 Å². The highest BCUT2D eigenvalue weighted by molar-refractivity contribution is 9.10. The minimum absolute atomic E-state index is 0.148. The number of rotatable bonds is 3. The first-order valence-corrected chi connectivity index (χ1v) is 9.36. The lowest BCUT2D eigenvalue weighted by atomic mass is 10.0. The van der Waals surface area contributed by atoms with Crippen molar-refractivity contribution in [2.75, 3.05) is 18.0 Å². The van der Waals surface area contributed by atoms with Gasteiger partial charge in [0.2, 0.25) is 0 Å². The molecule has 0 spiro atoms. The fraction of sp³-hybridized carbons (Fsp3) is 0.263. The number of aromatic nitrogens is 3. The van der Waals surface area contributed by atoms with Crippen LogP contribution in [0.3, 0.4) is 0 Å². The Balaban J connectivity index is 1.40. The van der Waals surface area contributed by atoms with E-state index in [0.717, 1.165) is 47.1 Å². The van der Waals surface area contributed by atoms with Crippen molar-refractivity contribution in [3.05, 3.63) is 59.1 Å². The Morgan fingerprint density at radius 1 is 1.15 bits per heavy atom. The second kappa shape index (κ2) is 7.37. The average molecular weight is 412 g/mol. The molecule has 7 heteroatoms. The number of nitrogens with one attached hydrogen (secondary N) is 1. The molecule has 1 aliphatic heterocycles. The Hall–Kier alpha value is -2.54. The largest absolute Gasteiger partial charge is 0.356 e. The lowest BCUT2D eigenvalue weighted by Gasteiger charge is -2.33. The van der Waals surface area contributed by atoms with E-state index < -0.39 is 0 Å². The number of carbonyl (C=O) groups is 1. The lowest BCUT2D eigenvalue weighted by molar-refractivity contribution is 0.0925. The van der Waals surface area contributed by atoms with Crippen LogP contribution in [0.25, 0.3) is 10.9 Å². The van der Waals surface area contributed by atoms with Crippen LogP contribution in [0.1, 0.15) is 23.3 Å². The molecule has 0 unspecified atom stereocenters. The van der Waals surface area contributed by atoms with Crippen LogP contribution in [0.5, 0.6) is 0 Å². The third-order valence-electron chi connectivity index (χ3n) is 4.59. The normalized spacial score (nSPS) is 15.2. The van der Waals surface area contributed by atoms with Crippen molar-refractivity contribution in [3.63, 3.8) is 0 Å². The Bertz CT molecular complexity index is 926. The number of hydrogen-bond donors (Lipinski definition) is 1. The molecule has 132 valence electrons. The van der Waals surface area contributed by atoms with Gasteiger partial charge < -0.3 is 10.2 Å². The maximum absolute atomic E-state index is 12.2. The summed E-state index contributed by atoms with van der Waals surface area (Å²) in [5.74, 6) is 0.819. The highest BCUT2D eigenvalue weighted by atomic mass is 79.9. The van der Waals surface area contributed by atoms with Crippen molar-refractivity contribution in [2.24, 2.45) is 0 Å². The molecule has 3 aromatic rings. The van der Waals surface area contributed by atoms with Crippen LogP contribution in [0.2, 0.25) is 0 Å². The van der Waals surface area contributed by atoms with Gasteiger partial charge in [-0.1, -0.05) is 22.0 Å². The molecule has 1 aliphatic rings. The molecule has 1 saturated heterocycles. The highest BCUT2D eigenvalue weighted by Gasteiger charge is 2.22. The summed E-state index contributed by atoms with van der Waals surface area (Å²) in [6, 6.07) is 10.4. The maximum Gasteiger partial charge on any atom is 0.271 e. The second-order valence-corrected chi connectivity index (χ2v) is 7.25. The van der Waals surface area contributed by atoms with E-state index in [1.807, 2.05) is 12.1 Å². The molecular weight excluding hydrogens is 394 g/mol. The number of benzene rings is 1. The summed E-state index contributed by atoms with van der Waals surface area (Å²) in [4.78, 5) is 27.2. The molecule has 4 rings (SSSR count). The first kappa shape index (κ1) is 16.9. The number of anilines is 1. The average Bonchev–Trinajstić information content (AvgIpc) is 2.68. The quantitative estimate of drug-likeness (QED) is 0.716. The van der Waals surface area contributed by atoms with Gasteiger partial charge in [-0.2, -0.15) is 0 Å². The van der Waals surface area contributed by atoms with E-state index in [9.17, 15) is 4.79 Å². The van der Waals surface area contributed by atoms with Gasteiger partial charge in [-0.15, -0.1) is 0 Å². The van der Waals surface area contributed by atoms with Crippen molar-refractivity contribution in [3.8, 4) is 0 Å². The minimum atomic E-state index is -0.162. The summed E-state index contributed by atoms with van der Waals surface area (Å²) < 4.78 is 1.03. The van der Waals surface area contributed by atoms with Gasteiger partial charge in [-0.3, -0.25) is 9.78 Å². The monoisotopic (exact) mass is 411 g/mol. The smallest absolute Gasteiger partial charge is 0.271 e. The first-order chi connectivity index (χ1) is 12.7. The van der Waals surface area contributed by atoms with Crippen LogP contribution in [0.4, 0.5) is 5.82 Å². The van der Waals surface area contributed by atoms with Crippen molar-refractivity contribution < 1.29 is 4.79 Å². The molecular formula is C19H18BrN5O. The molecule has 6 nitrogen and oxygen atoms in total. The predicted molar refractivity (Wildman–Crippen MR) is 104 cm³/mol. The molecule has 1 amide bonds. The number of halogens is 1. The summed E-state index contributed by atoms with van der Waals surface area (Å²) in [7, 11) is 0. The van der Waals surface area contributed by atoms with Crippen LogP contribution in [-0.2, 0) is 0 Å². The second-order valence-electron chi connectivity index (χ2n) is 6.33. The van der Waals surface area contributed by atoms with Gasteiger partial charge in [0.1, 0.15) is 11.5 Å². The molecule has 0 saturated carbocycles. The van der Waals surface area contributed by atoms with Crippen LogP contribution < -0.4 is 10.2 Å². The lowest BCUT2D eigenvalue weighted by Crippen LogP contribution is -2.45. The van der Waals surface area contributed by atoms with Crippen LogP contribution >= 0.6 is 15.9 Å². The van der Waals surface area contributed by atoms with Gasteiger partial charge in [-0.25, -0.2) is 9.97 Å². The molecule has 26 heavy (non-hydrogen) atoms. The fourth-order valence-electron chi connectivity index (χ4n) is 3.18. The van der Waals surface area contributed by atoms with Crippen molar-refractivity contribution in [1.82, 2.24) is 20.3 Å². The maximum atomic E-state index is 12.2. The van der Waals surface area contributed by atoms with Crippen LogP contribution in [-0.4, -0.2) is 40.0 Å². The number of amides is 1. The van der Waals surface area contributed by atoms with E-state index in [2.05, 4.69) is 54.3 Å². The number of pyridine rings is 1. The Morgan fingerprint density at radius 3 is 2.73 bits per heavy atom. The number of nitrogens with zero attached hydrogens (tertiary/aromatic N) is 4. The fourth-order valence-corrected chi connectivity index (χ4v) is 3.53. The third kappa shape index (κ3) is 3.67. The van der Waals surface area contributed by atoms with Gasteiger partial charge in [0.15, 0.2) is 0 Å². The molecule has 1 N–H and O–H groups in total. The van der Waals surface area contributed by atoms with Gasteiger partial charge in [0, 0.05) is 41.4 Å². The predicted octanol–water partition coefficient (Wildman–Crippen LogP) is 3.19. The van der Waals surface area contributed by atoms with Gasteiger partial charge in [0.25, 0.3) is 5.91 Å². The first-order valence-electron chi connectivity index (χ1n) is 8.57. The molecule has 0 radical (unpaired) electrons. The van der Waals surface area contributed by atoms with Crippen LogP contribution in [0, 0.1) is 0 Å². The molecule has 3 heterocycles. The van der Waals surface area contributed by atoms with E-state index in [-0.39, 0.29) is 11.9 Å². The van der Waals surface area contributed by atoms with Crippen molar-refractivity contribution in [1.29, 1.82) is 0 Å². The molecule has 1 aromatic carbocycles. The minimum Gasteiger partial charge on any atom is -0.356 e. The summed E-state index contributed by atoms with van der Waals surface area (Å²) in [5, 5.41) is 4.18. The molecule has 1 fully saturated rings. The van der Waals surface area contributed by atoms with E-state index in [4.69, 9.17) is 4.98 Å². The van der Waals surface area contributed by atoms with Gasteiger partial charge >= 0.3 is 0 Å². The Morgan fingerprint density at radius 2 is 1.96 bits per heavy atom. The summed E-state index contributed by atoms with van der Waals surface area (Å²) in [6.07, 6.45) is 6.33. The van der Waals surface area contributed by atoms with E-state index in [1.165, 1.54) is 12.4 Å². The number of hydrogen-bond acceptors (Lipinski definition) is 5. The zero-order valence-electron chi connectivity index (χ0n) is 14.1. The van der Waals surface area contributed by atoms with E-state index in [0.29, 0.717) is 5.69 Å². The molecule has 0 atom stereocenters. The highest BCUT2D eigenvalue weighted by Crippen LogP contribution is 2.24. The standard InChI is InChI=1S/C19H18BrN5O/c20-14-3-1-13-2-4-18(24-16(13)11-14)25-9-5-15(6-10-25)23-19(26)17-12-21-7-8-22-17/h1-4,7-8,11-12,15H,5-6,9-10H2,(H,23,26). The topological polar surface area (TPSA) is 71.0 Å². The SMILES string of the molecule is O=C(NC1CCN(c2ccc3ccc(Br)cc3n2)CC1)c1cnccn1. The summed E-state index contributed by atoms with van der Waals surface area (Å²) >= 11 is 3.50. The summed E-state index contributed by atoms with van der Waals surface area (Å²) in [5.41, 5.74) is 1.34. The Kier molecular flexibility index (Phi) is 4.79. The number of fused-ring (bicyclic) bond motifs is 1. The van der Waals surface area contributed by atoms with Gasteiger partial charge in [-0.05, 0) is 37.1 Å². The number of piperidine rings is 1. The van der Waals surface area contributed by atoms with Crippen LogP contribution in [0.15, 0.2) is 53.4 Å². The zero-order valence-corrected chi connectivity index (χ0v) is 15.7.